The molecule has 0 amide bonds. The van der Waals surface area contributed by atoms with Crippen molar-refractivity contribution in [2.75, 3.05) is 5.88 Å². The monoisotopic (exact) mass is 206 g/mol. The van der Waals surface area contributed by atoms with Crippen molar-refractivity contribution in [2.45, 2.75) is 6.54 Å². The van der Waals surface area contributed by atoms with Crippen LogP contribution in [0.3, 0.4) is 0 Å². The predicted octanol–water partition coefficient (Wildman–Crippen LogP) is 1.42. The molecule has 5 heteroatoms. The van der Waals surface area contributed by atoms with Crippen LogP contribution < -0.4 is 0 Å². The summed E-state index contributed by atoms with van der Waals surface area (Å²) >= 11 is 5.56. The number of nitrogens with zero attached hydrogens (tertiary/aromatic N) is 4. The van der Waals surface area contributed by atoms with Crippen molar-refractivity contribution < 1.29 is 0 Å². The standard InChI is InChI=1S/C9H7ClN4/c1-7(2-10)5-14-6-13-8(3-11)9(14)4-12/h6H,1-2,5H2. The topological polar surface area (TPSA) is 65.4 Å². The second-order valence-corrected chi connectivity index (χ2v) is 2.94. The molecule has 1 aromatic heterocycles. The highest BCUT2D eigenvalue weighted by Gasteiger charge is 2.09. The highest BCUT2D eigenvalue weighted by molar-refractivity contribution is 6.19. The van der Waals surface area contributed by atoms with Crippen LogP contribution in [0, 0.1) is 22.7 Å². The average Bonchev–Trinajstić information content (AvgIpc) is 2.59. The van der Waals surface area contributed by atoms with Crippen molar-refractivity contribution in [3.8, 4) is 12.1 Å². The maximum atomic E-state index is 8.78. The second kappa shape index (κ2) is 4.45. The Kier molecular flexibility index (Phi) is 3.28. The Morgan fingerprint density at radius 1 is 1.57 bits per heavy atom. The van der Waals surface area contributed by atoms with Gasteiger partial charge in [-0.25, -0.2) is 4.98 Å². The Morgan fingerprint density at radius 2 is 2.29 bits per heavy atom. The van der Waals surface area contributed by atoms with Gasteiger partial charge in [-0.15, -0.1) is 11.6 Å². The second-order valence-electron chi connectivity index (χ2n) is 2.68. The fourth-order valence-corrected chi connectivity index (χ4v) is 1.07. The first-order chi connectivity index (χ1) is 6.72. The summed E-state index contributed by atoms with van der Waals surface area (Å²) in [7, 11) is 0. The molecule has 0 unspecified atom stereocenters. The summed E-state index contributed by atoms with van der Waals surface area (Å²) in [6.45, 7) is 4.12. The number of hydrogen-bond donors (Lipinski definition) is 0. The number of imidazole rings is 1. The van der Waals surface area contributed by atoms with E-state index < -0.39 is 0 Å². The molecule has 0 saturated carbocycles. The predicted molar refractivity (Wildman–Crippen MR) is 51.5 cm³/mol. The van der Waals surface area contributed by atoms with Crippen LogP contribution in [0.4, 0.5) is 0 Å². The molecule has 0 fully saturated rings. The molecule has 4 nitrogen and oxygen atoms in total. The Bertz CT molecular complexity index is 433. The van der Waals surface area contributed by atoms with E-state index in [1.165, 1.54) is 6.33 Å². The number of nitriles is 2. The molecule has 0 bridgehead atoms. The minimum Gasteiger partial charge on any atom is -0.317 e. The lowest BCUT2D eigenvalue weighted by molar-refractivity contribution is 0.775. The third-order valence-corrected chi connectivity index (χ3v) is 2.01. The molecular formula is C9H7ClN4. The SMILES string of the molecule is C=C(CCl)Cn1cnc(C#N)c1C#N. The van der Waals surface area contributed by atoms with E-state index in [1.54, 1.807) is 4.57 Å². The number of alkyl halides is 1. The molecule has 0 aliphatic carbocycles. The maximum absolute atomic E-state index is 8.78. The number of hydrogen-bond acceptors (Lipinski definition) is 3. The van der Waals surface area contributed by atoms with Crippen LogP contribution in [-0.4, -0.2) is 15.4 Å². The summed E-state index contributed by atoms with van der Waals surface area (Å²) < 4.78 is 1.56. The van der Waals surface area contributed by atoms with Gasteiger partial charge in [0, 0.05) is 12.4 Å². The van der Waals surface area contributed by atoms with Gasteiger partial charge in [0.05, 0.1) is 6.33 Å². The highest BCUT2D eigenvalue weighted by Crippen LogP contribution is 2.08. The van der Waals surface area contributed by atoms with Gasteiger partial charge in [-0.05, 0) is 5.57 Å². The quantitative estimate of drug-likeness (QED) is 0.555. The molecule has 0 aliphatic heterocycles. The summed E-state index contributed by atoms with van der Waals surface area (Å²) in [5.74, 6) is 0.324. The molecule has 1 heterocycles. The first kappa shape index (κ1) is 10.3. The van der Waals surface area contributed by atoms with Gasteiger partial charge < -0.3 is 4.57 Å². The van der Waals surface area contributed by atoms with E-state index in [2.05, 4.69) is 11.6 Å². The normalized spacial score (nSPS) is 9.07. The molecule has 0 atom stereocenters. The number of aromatic nitrogens is 2. The summed E-state index contributed by atoms with van der Waals surface area (Å²) in [5, 5.41) is 17.4. The zero-order valence-corrected chi connectivity index (χ0v) is 8.12. The van der Waals surface area contributed by atoms with Crippen molar-refractivity contribution >= 4 is 11.6 Å². The van der Waals surface area contributed by atoms with E-state index in [4.69, 9.17) is 22.1 Å². The molecule has 0 spiro atoms. The molecule has 1 aromatic rings. The van der Waals surface area contributed by atoms with Gasteiger partial charge >= 0.3 is 0 Å². The van der Waals surface area contributed by atoms with Gasteiger partial charge in [-0.1, -0.05) is 6.58 Å². The lowest BCUT2D eigenvalue weighted by Gasteiger charge is -2.03. The van der Waals surface area contributed by atoms with Crippen LogP contribution in [0.25, 0.3) is 0 Å². The third-order valence-electron chi connectivity index (χ3n) is 1.63. The minimum absolute atomic E-state index is 0.134. The van der Waals surface area contributed by atoms with Gasteiger partial charge in [0.15, 0.2) is 11.4 Å². The van der Waals surface area contributed by atoms with Crippen molar-refractivity contribution in [1.29, 1.82) is 10.5 Å². The molecule has 0 N–H and O–H groups in total. The van der Waals surface area contributed by atoms with Crippen LogP contribution >= 0.6 is 11.6 Å². The van der Waals surface area contributed by atoms with E-state index in [-0.39, 0.29) is 11.4 Å². The first-order valence-corrected chi connectivity index (χ1v) is 4.34. The minimum atomic E-state index is 0.134. The van der Waals surface area contributed by atoms with Crippen LogP contribution in [0.2, 0.25) is 0 Å². The number of halogens is 1. The lowest BCUT2D eigenvalue weighted by atomic mass is 10.3. The van der Waals surface area contributed by atoms with Crippen molar-refractivity contribution in [3.05, 3.63) is 29.9 Å². The Balaban J connectivity index is 3.01. The van der Waals surface area contributed by atoms with Gasteiger partial charge in [0.25, 0.3) is 0 Å². The zero-order chi connectivity index (χ0) is 10.6. The maximum Gasteiger partial charge on any atom is 0.176 e. The third kappa shape index (κ3) is 1.93. The fraction of sp³-hybridized carbons (Fsp3) is 0.222. The van der Waals surface area contributed by atoms with E-state index >= 15 is 0 Å². The van der Waals surface area contributed by atoms with Crippen molar-refractivity contribution in [1.82, 2.24) is 9.55 Å². The molecule has 70 valence electrons. The molecular weight excluding hydrogens is 200 g/mol. The highest BCUT2D eigenvalue weighted by atomic mass is 35.5. The van der Waals surface area contributed by atoms with E-state index in [9.17, 15) is 0 Å². The average molecular weight is 207 g/mol. The number of rotatable bonds is 3. The first-order valence-electron chi connectivity index (χ1n) is 3.80. The van der Waals surface area contributed by atoms with Gasteiger partial charge in [0.1, 0.15) is 12.1 Å². The van der Waals surface area contributed by atoms with Gasteiger partial charge in [-0.2, -0.15) is 10.5 Å². The van der Waals surface area contributed by atoms with Crippen LogP contribution in [-0.2, 0) is 6.54 Å². The van der Waals surface area contributed by atoms with Gasteiger partial charge in [-0.3, -0.25) is 0 Å². The van der Waals surface area contributed by atoms with Crippen molar-refractivity contribution in [2.24, 2.45) is 0 Å². The largest absolute Gasteiger partial charge is 0.317 e. The van der Waals surface area contributed by atoms with Crippen LogP contribution in [0.15, 0.2) is 18.5 Å². The lowest BCUT2D eigenvalue weighted by Crippen LogP contribution is -2.02. The zero-order valence-electron chi connectivity index (χ0n) is 7.37. The summed E-state index contributed by atoms with van der Waals surface area (Å²) in [6, 6.07) is 3.76. The summed E-state index contributed by atoms with van der Waals surface area (Å²) in [4.78, 5) is 3.79. The summed E-state index contributed by atoms with van der Waals surface area (Å²) in [6.07, 6.45) is 1.44. The Labute approximate surface area is 86.7 Å². The Hall–Kier alpha value is -1.78. The molecule has 1 rings (SSSR count). The molecule has 0 radical (unpaired) electrons. The smallest absolute Gasteiger partial charge is 0.176 e. The molecule has 14 heavy (non-hydrogen) atoms. The molecule has 0 aromatic carbocycles. The van der Waals surface area contributed by atoms with Crippen LogP contribution in [0.1, 0.15) is 11.4 Å². The van der Waals surface area contributed by atoms with E-state index in [0.717, 1.165) is 5.57 Å². The van der Waals surface area contributed by atoms with E-state index in [1.807, 2.05) is 12.1 Å². The molecule has 0 aliphatic rings. The number of allylic oxidation sites excluding steroid dienone is 1. The van der Waals surface area contributed by atoms with Crippen molar-refractivity contribution in [3.63, 3.8) is 0 Å². The Morgan fingerprint density at radius 3 is 2.79 bits per heavy atom. The van der Waals surface area contributed by atoms with E-state index in [0.29, 0.717) is 12.4 Å². The summed E-state index contributed by atoms with van der Waals surface area (Å²) in [5.41, 5.74) is 1.15. The van der Waals surface area contributed by atoms with Crippen LogP contribution in [0.5, 0.6) is 0 Å². The van der Waals surface area contributed by atoms with Gasteiger partial charge in [0.2, 0.25) is 0 Å². The molecule has 0 saturated heterocycles. The fourth-order valence-electron chi connectivity index (χ4n) is 0.984.